The molecule has 0 fully saturated rings. The third-order valence-corrected chi connectivity index (χ3v) is 3.05. The minimum atomic E-state index is 0.386. The third-order valence-electron chi connectivity index (χ3n) is 2.38. The molecule has 4 nitrogen and oxygen atoms in total. The smallest absolute Gasteiger partial charge is 0.175 e. The molecule has 0 saturated carbocycles. The second-order valence-electron chi connectivity index (χ2n) is 3.41. The van der Waals surface area contributed by atoms with E-state index in [1.54, 1.807) is 13.2 Å². The van der Waals surface area contributed by atoms with Gasteiger partial charge in [0.15, 0.2) is 4.73 Å². The van der Waals surface area contributed by atoms with Crippen LogP contribution in [0.5, 0.6) is 5.75 Å². The molecule has 90 valence electrons. The molecule has 3 N–H and O–H groups in total. The first-order valence-corrected chi connectivity index (χ1v) is 6.11. The number of nitrogens with one attached hydrogen (secondary N) is 1. The van der Waals surface area contributed by atoms with Crippen LogP contribution in [0.25, 0.3) is 11.3 Å². The highest BCUT2D eigenvalue weighted by Crippen LogP contribution is 2.31. The molecule has 0 aliphatic heterocycles. The van der Waals surface area contributed by atoms with Crippen molar-refractivity contribution in [2.45, 2.75) is 6.54 Å². The second kappa shape index (κ2) is 5.08. The van der Waals surface area contributed by atoms with Crippen molar-refractivity contribution in [2.24, 2.45) is 5.73 Å². The molecule has 0 atom stereocenters. The van der Waals surface area contributed by atoms with Gasteiger partial charge in [-0.1, -0.05) is 11.6 Å². The molecule has 0 saturated heterocycles. The molecule has 0 amide bonds. The van der Waals surface area contributed by atoms with Gasteiger partial charge in [0.1, 0.15) is 5.75 Å². The lowest BCUT2D eigenvalue weighted by molar-refractivity contribution is 0.415. The SMILES string of the molecule is COc1ccc(-c2nc(Br)[nH]c2CN)cc1Cl. The van der Waals surface area contributed by atoms with E-state index in [4.69, 9.17) is 22.1 Å². The number of rotatable bonds is 3. The van der Waals surface area contributed by atoms with E-state index in [1.807, 2.05) is 12.1 Å². The Morgan fingerprint density at radius 3 is 2.88 bits per heavy atom. The van der Waals surface area contributed by atoms with Crippen molar-refractivity contribution in [3.63, 3.8) is 0 Å². The molecule has 0 bridgehead atoms. The first-order valence-electron chi connectivity index (χ1n) is 4.94. The topological polar surface area (TPSA) is 63.9 Å². The molecule has 0 unspecified atom stereocenters. The van der Waals surface area contributed by atoms with Crippen LogP contribution < -0.4 is 10.5 Å². The molecule has 0 radical (unpaired) electrons. The number of nitrogens with zero attached hydrogens (tertiary/aromatic N) is 1. The maximum Gasteiger partial charge on any atom is 0.175 e. The highest BCUT2D eigenvalue weighted by Gasteiger charge is 2.11. The van der Waals surface area contributed by atoms with Crippen molar-refractivity contribution < 1.29 is 4.74 Å². The van der Waals surface area contributed by atoms with E-state index < -0.39 is 0 Å². The van der Waals surface area contributed by atoms with Gasteiger partial charge in [-0.25, -0.2) is 4.98 Å². The van der Waals surface area contributed by atoms with E-state index >= 15 is 0 Å². The van der Waals surface area contributed by atoms with Crippen molar-refractivity contribution in [1.29, 1.82) is 0 Å². The Morgan fingerprint density at radius 2 is 2.29 bits per heavy atom. The maximum atomic E-state index is 6.08. The van der Waals surface area contributed by atoms with Gasteiger partial charge in [-0.2, -0.15) is 0 Å². The predicted octanol–water partition coefficient (Wildman–Crippen LogP) is 2.96. The van der Waals surface area contributed by atoms with Crippen LogP contribution in [0.1, 0.15) is 5.69 Å². The summed E-state index contributed by atoms with van der Waals surface area (Å²) in [6, 6.07) is 5.51. The summed E-state index contributed by atoms with van der Waals surface area (Å²) in [5.41, 5.74) is 8.20. The van der Waals surface area contributed by atoms with Crippen LogP contribution in [0, 0.1) is 0 Å². The quantitative estimate of drug-likeness (QED) is 0.915. The van der Waals surface area contributed by atoms with Gasteiger partial charge in [0.05, 0.1) is 23.5 Å². The Bertz CT molecular complexity index is 542. The van der Waals surface area contributed by atoms with Gasteiger partial charge in [-0.05, 0) is 34.1 Å². The summed E-state index contributed by atoms with van der Waals surface area (Å²) in [6.07, 6.45) is 0. The van der Waals surface area contributed by atoms with Gasteiger partial charge >= 0.3 is 0 Å². The van der Waals surface area contributed by atoms with Crippen molar-refractivity contribution in [1.82, 2.24) is 9.97 Å². The first-order chi connectivity index (χ1) is 8.15. The Labute approximate surface area is 112 Å². The monoisotopic (exact) mass is 315 g/mol. The molecule has 2 rings (SSSR count). The number of halogens is 2. The van der Waals surface area contributed by atoms with Gasteiger partial charge in [0.25, 0.3) is 0 Å². The van der Waals surface area contributed by atoms with Gasteiger partial charge in [-0.3, -0.25) is 0 Å². The van der Waals surface area contributed by atoms with Crippen molar-refractivity contribution in [3.05, 3.63) is 33.6 Å². The fraction of sp³-hybridized carbons (Fsp3) is 0.182. The number of aromatic nitrogens is 2. The van der Waals surface area contributed by atoms with E-state index in [0.29, 0.717) is 22.1 Å². The largest absolute Gasteiger partial charge is 0.495 e. The van der Waals surface area contributed by atoms with Crippen LogP contribution in [-0.2, 0) is 6.54 Å². The molecule has 17 heavy (non-hydrogen) atoms. The van der Waals surface area contributed by atoms with Crippen LogP contribution in [0.15, 0.2) is 22.9 Å². The number of methoxy groups -OCH3 is 1. The number of hydrogen-bond donors (Lipinski definition) is 2. The Hall–Kier alpha value is -1.04. The molecule has 1 aromatic heterocycles. The van der Waals surface area contributed by atoms with E-state index in [1.165, 1.54) is 0 Å². The van der Waals surface area contributed by atoms with E-state index in [9.17, 15) is 0 Å². The molecular weight excluding hydrogens is 305 g/mol. The lowest BCUT2D eigenvalue weighted by Crippen LogP contribution is -1.98. The summed E-state index contributed by atoms with van der Waals surface area (Å²) >= 11 is 9.36. The Kier molecular flexibility index (Phi) is 3.71. The summed E-state index contributed by atoms with van der Waals surface area (Å²) in [4.78, 5) is 7.38. The third kappa shape index (κ3) is 2.46. The minimum absolute atomic E-state index is 0.386. The summed E-state index contributed by atoms with van der Waals surface area (Å²) in [7, 11) is 1.58. The summed E-state index contributed by atoms with van der Waals surface area (Å²) in [5.74, 6) is 0.638. The van der Waals surface area contributed by atoms with E-state index in [-0.39, 0.29) is 0 Å². The van der Waals surface area contributed by atoms with Crippen LogP contribution in [-0.4, -0.2) is 17.1 Å². The lowest BCUT2D eigenvalue weighted by atomic mass is 10.1. The van der Waals surface area contributed by atoms with Crippen molar-refractivity contribution >= 4 is 27.5 Å². The summed E-state index contributed by atoms with van der Waals surface area (Å²) < 4.78 is 5.76. The van der Waals surface area contributed by atoms with Gasteiger partial charge in [-0.15, -0.1) is 0 Å². The van der Waals surface area contributed by atoms with Gasteiger partial charge in [0.2, 0.25) is 0 Å². The van der Waals surface area contributed by atoms with E-state index in [2.05, 4.69) is 25.9 Å². The Morgan fingerprint density at radius 1 is 1.53 bits per heavy atom. The second-order valence-corrected chi connectivity index (χ2v) is 4.57. The number of ether oxygens (including phenoxy) is 1. The standard InChI is InChI=1S/C11H11BrClN3O/c1-17-9-3-2-6(4-7(9)13)10-8(5-14)15-11(12)16-10/h2-4H,5,14H2,1H3,(H,15,16). The number of nitrogens with two attached hydrogens (primary N) is 1. The zero-order chi connectivity index (χ0) is 12.4. The molecule has 0 aliphatic carbocycles. The van der Waals surface area contributed by atoms with Crippen molar-refractivity contribution in [2.75, 3.05) is 7.11 Å². The van der Waals surface area contributed by atoms with Crippen LogP contribution >= 0.6 is 27.5 Å². The average molecular weight is 317 g/mol. The number of benzene rings is 1. The molecule has 1 aromatic carbocycles. The van der Waals surface area contributed by atoms with E-state index in [0.717, 1.165) is 17.0 Å². The number of imidazole rings is 1. The average Bonchev–Trinajstić information content (AvgIpc) is 2.70. The number of hydrogen-bond acceptors (Lipinski definition) is 3. The molecule has 6 heteroatoms. The fourth-order valence-electron chi connectivity index (χ4n) is 1.58. The van der Waals surface area contributed by atoms with Crippen LogP contribution in [0.2, 0.25) is 5.02 Å². The van der Waals surface area contributed by atoms with Gasteiger partial charge in [0, 0.05) is 12.1 Å². The highest BCUT2D eigenvalue weighted by atomic mass is 79.9. The van der Waals surface area contributed by atoms with Crippen LogP contribution in [0.3, 0.4) is 0 Å². The first kappa shape index (κ1) is 12.4. The molecule has 0 aliphatic rings. The molecule has 2 aromatic rings. The van der Waals surface area contributed by atoms with Crippen molar-refractivity contribution in [3.8, 4) is 17.0 Å². The summed E-state index contributed by atoms with van der Waals surface area (Å²) in [5, 5.41) is 0.548. The lowest BCUT2D eigenvalue weighted by Gasteiger charge is -2.05. The molecular formula is C11H11BrClN3O. The normalized spacial score (nSPS) is 10.6. The molecule has 1 heterocycles. The molecule has 0 spiro atoms. The minimum Gasteiger partial charge on any atom is -0.495 e. The summed E-state index contributed by atoms with van der Waals surface area (Å²) in [6.45, 7) is 0.386. The highest BCUT2D eigenvalue weighted by molar-refractivity contribution is 9.10. The van der Waals surface area contributed by atoms with Gasteiger partial charge < -0.3 is 15.5 Å². The zero-order valence-electron chi connectivity index (χ0n) is 9.13. The maximum absolute atomic E-state index is 6.08. The predicted molar refractivity (Wildman–Crippen MR) is 71.2 cm³/mol. The number of H-pyrrole nitrogens is 1. The number of aromatic amines is 1. The Balaban J connectivity index is 2.49. The zero-order valence-corrected chi connectivity index (χ0v) is 11.5. The van der Waals surface area contributed by atoms with Crippen LogP contribution in [0.4, 0.5) is 0 Å². The fourth-order valence-corrected chi connectivity index (χ4v) is 2.25.